The Bertz CT molecular complexity index is 605. The van der Waals surface area contributed by atoms with Gasteiger partial charge in [-0.15, -0.1) is 0 Å². The van der Waals surface area contributed by atoms with Crippen LogP contribution in [-0.4, -0.2) is 23.2 Å². The van der Waals surface area contributed by atoms with Gasteiger partial charge in [0.2, 0.25) is 0 Å². The van der Waals surface area contributed by atoms with Crippen LogP contribution in [0.3, 0.4) is 0 Å². The highest BCUT2D eigenvalue weighted by Gasteiger charge is 2.19. The minimum absolute atomic E-state index is 0.179. The molecule has 0 radical (unpaired) electrons. The van der Waals surface area contributed by atoms with Crippen LogP contribution in [0, 0.1) is 13.8 Å². The lowest BCUT2D eigenvalue weighted by atomic mass is 10.0. The van der Waals surface area contributed by atoms with E-state index >= 15 is 0 Å². The van der Waals surface area contributed by atoms with Gasteiger partial charge in [-0.1, -0.05) is 11.6 Å². The average Bonchev–Trinajstić information content (AvgIpc) is 2.27. The van der Waals surface area contributed by atoms with Gasteiger partial charge in [0.15, 0.2) is 5.75 Å². The molecule has 4 nitrogen and oxygen atoms in total. The molecule has 1 N–H and O–H groups in total. The molecule has 0 saturated heterocycles. The van der Waals surface area contributed by atoms with Crippen LogP contribution in [-0.2, 0) is 0 Å². The quantitative estimate of drug-likeness (QED) is 0.862. The summed E-state index contributed by atoms with van der Waals surface area (Å²) in [5.41, 5.74) is 2.43. The van der Waals surface area contributed by atoms with Gasteiger partial charge in [-0.25, -0.2) is 9.78 Å². The van der Waals surface area contributed by atoms with Crippen molar-refractivity contribution < 1.29 is 14.6 Å². The Labute approximate surface area is 98.9 Å². The van der Waals surface area contributed by atoms with Gasteiger partial charge >= 0.3 is 5.97 Å². The van der Waals surface area contributed by atoms with Crippen LogP contribution in [0.1, 0.15) is 21.6 Å². The van der Waals surface area contributed by atoms with Crippen molar-refractivity contribution in [2.45, 2.75) is 13.8 Å². The van der Waals surface area contributed by atoms with Crippen LogP contribution in [0.25, 0.3) is 10.9 Å². The average molecular weight is 231 g/mol. The summed E-state index contributed by atoms with van der Waals surface area (Å²) in [6.07, 6.45) is 0. The Morgan fingerprint density at radius 1 is 1.35 bits per heavy atom. The number of aryl methyl sites for hydroxylation is 2. The van der Waals surface area contributed by atoms with Gasteiger partial charge in [0, 0.05) is 5.39 Å². The van der Waals surface area contributed by atoms with Crippen molar-refractivity contribution >= 4 is 16.9 Å². The Morgan fingerprint density at radius 3 is 2.65 bits per heavy atom. The molecule has 0 unspecified atom stereocenters. The molecular formula is C13H13NO3. The number of carbonyl (C=O) groups is 1. The fourth-order valence-corrected chi connectivity index (χ4v) is 1.94. The maximum atomic E-state index is 11.4. The zero-order valence-electron chi connectivity index (χ0n) is 9.94. The molecule has 0 fully saturated rings. The number of benzene rings is 1. The molecule has 2 rings (SSSR count). The zero-order valence-corrected chi connectivity index (χ0v) is 9.94. The van der Waals surface area contributed by atoms with Gasteiger partial charge < -0.3 is 9.84 Å². The number of pyridine rings is 1. The molecule has 0 saturated carbocycles. The number of ether oxygens (including phenoxy) is 1. The van der Waals surface area contributed by atoms with E-state index in [1.54, 1.807) is 6.92 Å². The molecule has 0 bridgehead atoms. The largest absolute Gasteiger partial charge is 0.494 e. The first-order valence-corrected chi connectivity index (χ1v) is 5.23. The van der Waals surface area contributed by atoms with Gasteiger partial charge in [0.05, 0.1) is 18.3 Å². The number of fused-ring (bicyclic) bond motifs is 1. The maximum Gasteiger partial charge on any atom is 0.340 e. The third kappa shape index (κ3) is 1.82. The van der Waals surface area contributed by atoms with Crippen LogP contribution in [0.15, 0.2) is 18.2 Å². The number of aromatic carboxylic acids is 1. The topological polar surface area (TPSA) is 59.4 Å². The molecule has 1 heterocycles. The fourth-order valence-electron chi connectivity index (χ4n) is 1.94. The minimum atomic E-state index is -0.997. The van der Waals surface area contributed by atoms with Crippen molar-refractivity contribution in [1.29, 1.82) is 0 Å². The standard InChI is InChI=1S/C13H13NO3/c1-7-4-5-10-9(6-7)11(13(15)16)12(17-3)8(2)14-10/h4-6H,1-3H3,(H,15,16). The smallest absolute Gasteiger partial charge is 0.340 e. The Balaban J connectivity index is 2.94. The highest BCUT2D eigenvalue weighted by molar-refractivity contribution is 6.05. The fraction of sp³-hybridized carbons (Fsp3) is 0.231. The molecule has 2 aromatic rings. The van der Waals surface area contributed by atoms with Crippen molar-refractivity contribution in [3.05, 3.63) is 35.0 Å². The van der Waals surface area contributed by atoms with E-state index in [1.807, 2.05) is 25.1 Å². The van der Waals surface area contributed by atoms with Gasteiger partial charge in [0.1, 0.15) is 5.56 Å². The molecule has 0 atom stereocenters. The molecular weight excluding hydrogens is 218 g/mol. The predicted octanol–water partition coefficient (Wildman–Crippen LogP) is 2.56. The second kappa shape index (κ2) is 4.05. The number of aromatic nitrogens is 1. The van der Waals surface area contributed by atoms with E-state index < -0.39 is 5.97 Å². The van der Waals surface area contributed by atoms with Gasteiger partial charge in [-0.2, -0.15) is 0 Å². The van der Waals surface area contributed by atoms with Crippen molar-refractivity contribution in [1.82, 2.24) is 4.98 Å². The summed E-state index contributed by atoms with van der Waals surface area (Å²) >= 11 is 0. The summed E-state index contributed by atoms with van der Waals surface area (Å²) in [5.74, 6) is -0.668. The summed E-state index contributed by atoms with van der Waals surface area (Å²) in [7, 11) is 1.46. The van der Waals surface area contributed by atoms with E-state index in [0.29, 0.717) is 22.3 Å². The SMILES string of the molecule is COc1c(C)nc2ccc(C)cc2c1C(=O)O. The second-order valence-electron chi connectivity index (χ2n) is 3.93. The molecule has 0 aliphatic heterocycles. The molecule has 88 valence electrons. The third-order valence-corrected chi connectivity index (χ3v) is 2.68. The van der Waals surface area contributed by atoms with Crippen LogP contribution < -0.4 is 4.74 Å². The molecule has 0 aliphatic carbocycles. The summed E-state index contributed by atoms with van der Waals surface area (Å²) in [6.45, 7) is 3.65. The van der Waals surface area contributed by atoms with E-state index in [-0.39, 0.29) is 5.56 Å². The first kappa shape index (κ1) is 11.4. The monoisotopic (exact) mass is 231 g/mol. The molecule has 1 aromatic carbocycles. The summed E-state index contributed by atoms with van der Waals surface area (Å²) < 4.78 is 5.14. The summed E-state index contributed by atoms with van der Waals surface area (Å²) in [4.78, 5) is 15.7. The van der Waals surface area contributed by atoms with E-state index in [9.17, 15) is 9.90 Å². The molecule has 0 aliphatic rings. The van der Waals surface area contributed by atoms with Crippen molar-refractivity contribution in [2.24, 2.45) is 0 Å². The lowest BCUT2D eigenvalue weighted by molar-refractivity contribution is 0.0695. The molecule has 17 heavy (non-hydrogen) atoms. The molecule has 0 amide bonds. The van der Waals surface area contributed by atoms with Crippen LogP contribution in [0.2, 0.25) is 0 Å². The summed E-state index contributed by atoms with van der Waals surface area (Å²) in [5, 5.41) is 9.91. The Morgan fingerprint density at radius 2 is 2.06 bits per heavy atom. The van der Waals surface area contributed by atoms with E-state index in [2.05, 4.69) is 4.98 Å². The third-order valence-electron chi connectivity index (χ3n) is 2.68. The maximum absolute atomic E-state index is 11.4. The normalized spacial score (nSPS) is 10.5. The molecule has 4 heteroatoms. The Hall–Kier alpha value is -2.10. The summed E-state index contributed by atoms with van der Waals surface area (Å²) in [6, 6.07) is 5.55. The van der Waals surface area contributed by atoms with Gasteiger partial charge in [-0.05, 0) is 26.0 Å². The number of rotatable bonds is 2. The number of hydrogen-bond acceptors (Lipinski definition) is 3. The molecule has 0 spiro atoms. The van der Waals surface area contributed by atoms with Crippen molar-refractivity contribution in [2.75, 3.05) is 7.11 Å². The van der Waals surface area contributed by atoms with Crippen molar-refractivity contribution in [3.63, 3.8) is 0 Å². The lowest BCUT2D eigenvalue weighted by Gasteiger charge is -2.11. The van der Waals surface area contributed by atoms with E-state index in [1.165, 1.54) is 7.11 Å². The highest BCUT2D eigenvalue weighted by atomic mass is 16.5. The second-order valence-corrected chi connectivity index (χ2v) is 3.93. The van der Waals surface area contributed by atoms with Crippen molar-refractivity contribution in [3.8, 4) is 5.75 Å². The first-order valence-electron chi connectivity index (χ1n) is 5.23. The van der Waals surface area contributed by atoms with Crippen LogP contribution >= 0.6 is 0 Å². The number of carboxylic acids is 1. The minimum Gasteiger partial charge on any atom is -0.494 e. The predicted molar refractivity (Wildman–Crippen MR) is 64.7 cm³/mol. The lowest BCUT2D eigenvalue weighted by Crippen LogP contribution is -2.05. The number of hydrogen-bond donors (Lipinski definition) is 1. The van der Waals surface area contributed by atoms with E-state index in [4.69, 9.17) is 4.74 Å². The number of methoxy groups -OCH3 is 1. The first-order chi connectivity index (χ1) is 8.04. The Kier molecular flexibility index (Phi) is 2.71. The number of carboxylic acid groups (broad SMARTS) is 1. The molecule has 1 aromatic heterocycles. The number of nitrogens with zero attached hydrogens (tertiary/aromatic N) is 1. The van der Waals surface area contributed by atoms with Gasteiger partial charge in [0.25, 0.3) is 0 Å². The van der Waals surface area contributed by atoms with Crippen LogP contribution in [0.5, 0.6) is 5.75 Å². The van der Waals surface area contributed by atoms with Crippen LogP contribution in [0.4, 0.5) is 0 Å². The van der Waals surface area contributed by atoms with Gasteiger partial charge in [-0.3, -0.25) is 0 Å². The van der Waals surface area contributed by atoms with E-state index in [0.717, 1.165) is 5.56 Å². The highest BCUT2D eigenvalue weighted by Crippen LogP contribution is 2.29. The zero-order chi connectivity index (χ0) is 12.6.